The van der Waals surface area contributed by atoms with Gasteiger partial charge < -0.3 is 4.74 Å². The highest BCUT2D eigenvalue weighted by Crippen LogP contribution is 2.36. The molecule has 0 aromatic carbocycles. The molecule has 80 valence electrons. The maximum absolute atomic E-state index is 11.5. The molecule has 0 aliphatic heterocycles. The van der Waals surface area contributed by atoms with Gasteiger partial charge >= 0.3 is 5.97 Å². The van der Waals surface area contributed by atoms with Crippen molar-refractivity contribution in [2.75, 3.05) is 7.11 Å². The number of carbonyl (C=O) groups excluding carboxylic acids is 1. The molecule has 3 nitrogen and oxygen atoms in total. The second-order valence-corrected chi connectivity index (χ2v) is 4.58. The van der Waals surface area contributed by atoms with Crippen LogP contribution in [-0.4, -0.2) is 13.1 Å². The molecule has 1 atom stereocenters. The molecule has 0 saturated carbocycles. The summed E-state index contributed by atoms with van der Waals surface area (Å²) in [6.07, 6.45) is 1.21. The van der Waals surface area contributed by atoms with Gasteiger partial charge in [0.1, 0.15) is 0 Å². The Bertz CT molecular complexity index is 253. The summed E-state index contributed by atoms with van der Waals surface area (Å²) in [6.45, 7) is 7.45. The van der Waals surface area contributed by atoms with Crippen LogP contribution in [0.4, 0.5) is 0 Å². The van der Waals surface area contributed by atoms with E-state index in [-0.39, 0.29) is 5.97 Å². The van der Waals surface area contributed by atoms with E-state index in [1.54, 1.807) is 0 Å². The largest absolute Gasteiger partial charge is 0.469 e. The minimum atomic E-state index is -0.548. The molecule has 0 aliphatic carbocycles. The molecule has 0 fully saturated rings. The molecule has 14 heavy (non-hydrogen) atoms. The Balaban J connectivity index is 4.74. The van der Waals surface area contributed by atoms with Crippen molar-refractivity contribution in [3.05, 3.63) is 0 Å². The van der Waals surface area contributed by atoms with Crippen molar-refractivity contribution < 1.29 is 9.53 Å². The molecule has 0 spiro atoms. The highest BCUT2D eigenvalue weighted by Gasteiger charge is 2.38. The third-order valence-electron chi connectivity index (χ3n) is 2.59. The summed E-state index contributed by atoms with van der Waals surface area (Å²) in [5.41, 5.74) is -1.03. The maximum Gasteiger partial charge on any atom is 0.311 e. The van der Waals surface area contributed by atoms with Crippen LogP contribution in [0.3, 0.4) is 0 Å². The molecule has 0 aromatic rings. The lowest BCUT2D eigenvalue weighted by atomic mass is 9.73. The predicted molar refractivity (Wildman–Crippen MR) is 54.4 cm³/mol. The van der Waals surface area contributed by atoms with Gasteiger partial charge in [0.05, 0.1) is 24.0 Å². The van der Waals surface area contributed by atoms with Crippen molar-refractivity contribution in [3.63, 3.8) is 0 Å². The molecule has 1 unspecified atom stereocenters. The summed E-state index contributed by atoms with van der Waals surface area (Å²) in [7, 11) is 1.38. The molecule has 3 heteroatoms. The highest BCUT2D eigenvalue weighted by molar-refractivity contribution is 5.76. The number of methoxy groups -OCH3 is 1. The Morgan fingerprint density at radius 2 is 1.93 bits per heavy atom. The second-order valence-electron chi connectivity index (χ2n) is 4.58. The average molecular weight is 197 g/mol. The van der Waals surface area contributed by atoms with Gasteiger partial charge in [-0.05, 0) is 33.6 Å². The second kappa shape index (κ2) is 4.45. The van der Waals surface area contributed by atoms with Gasteiger partial charge in [-0.25, -0.2) is 0 Å². The van der Waals surface area contributed by atoms with Crippen LogP contribution in [0.5, 0.6) is 0 Å². The molecule has 0 aliphatic rings. The molecule has 0 bridgehead atoms. The number of hydrogen-bond donors (Lipinski definition) is 0. The van der Waals surface area contributed by atoms with E-state index in [2.05, 4.69) is 6.07 Å². The first-order chi connectivity index (χ1) is 6.31. The van der Waals surface area contributed by atoms with Crippen LogP contribution in [0, 0.1) is 22.2 Å². The number of nitrogens with zero attached hydrogens (tertiary/aromatic N) is 1. The molecule has 0 radical (unpaired) electrons. The number of hydrogen-bond acceptors (Lipinski definition) is 3. The third kappa shape index (κ3) is 3.02. The van der Waals surface area contributed by atoms with Gasteiger partial charge in [-0.3, -0.25) is 4.79 Å². The first-order valence-electron chi connectivity index (χ1n) is 4.81. The van der Waals surface area contributed by atoms with Gasteiger partial charge in [0.2, 0.25) is 0 Å². The van der Waals surface area contributed by atoms with Crippen LogP contribution in [-0.2, 0) is 9.53 Å². The molecule has 0 heterocycles. The van der Waals surface area contributed by atoms with E-state index in [9.17, 15) is 4.79 Å². The van der Waals surface area contributed by atoms with Crippen LogP contribution in [0.2, 0.25) is 0 Å². The zero-order chi connectivity index (χ0) is 11.4. The Hall–Kier alpha value is -1.04. The van der Waals surface area contributed by atoms with Gasteiger partial charge in [0.15, 0.2) is 0 Å². The molecule has 0 saturated heterocycles. The summed E-state index contributed by atoms with van der Waals surface area (Å²) in [4.78, 5) is 11.5. The number of rotatable bonds is 4. The van der Waals surface area contributed by atoms with E-state index in [0.29, 0.717) is 12.8 Å². The van der Waals surface area contributed by atoms with Crippen molar-refractivity contribution in [2.24, 2.45) is 10.8 Å². The van der Waals surface area contributed by atoms with Gasteiger partial charge in [-0.2, -0.15) is 5.26 Å². The van der Waals surface area contributed by atoms with Crippen LogP contribution >= 0.6 is 0 Å². The monoisotopic (exact) mass is 197 g/mol. The van der Waals surface area contributed by atoms with E-state index in [1.807, 2.05) is 27.7 Å². The van der Waals surface area contributed by atoms with Crippen molar-refractivity contribution in [1.82, 2.24) is 0 Å². The Morgan fingerprint density at radius 3 is 2.21 bits per heavy atom. The minimum Gasteiger partial charge on any atom is -0.469 e. The fourth-order valence-corrected chi connectivity index (χ4v) is 1.60. The van der Waals surface area contributed by atoms with Gasteiger partial charge in [-0.1, -0.05) is 6.92 Å². The molecule has 0 amide bonds. The van der Waals surface area contributed by atoms with E-state index < -0.39 is 10.8 Å². The van der Waals surface area contributed by atoms with Gasteiger partial charge in [0, 0.05) is 0 Å². The van der Waals surface area contributed by atoms with Gasteiger partial charge in [0.25, 0.3) is 0 Å². The maximum atomic E-state index is 11.5. The first-order valence-corrected chi connectivity index (χ1v) is 4.81. The number of nitriles is 1. The van der Waals surface area contributed by atoms with Crippen LogP contribution in [0.15, 0.2) is 0 Å². The lowest BCUT2D eigenvalue weighted by molar-refractivity contribution is -0.153. The summed E-state index contributed by atoms with van der Waals surface area (Å²) >= 11 is 0. The fraction of sp³-hybridized carbons (Fsp3) is 0.818. The molecular formula is C11H19NO2. The smallest absolute Gasteiger partial charge is 0.311 e. The molecule has 0 N–H and O–H groups in total. The van der Waals surface area contributed by atoms with Crippen molar-refractivity contribution >= 4 is 5.97 Å². The number of esters is 1. The van der Waals surface area contributed by atoms with E-state index in [4.69, 9.17) is 10.00 Å². The number of ether oxygens (including phenoxy) is 1. The van der Waals surface area contributed by atoms with Crippen molar-refractivity contribution in [3.8, 4) is 6.07 Å². The quantitative estimate of drug-likeness (QED) is 0.651. The van der Waals surface area contributed by atoms with E-state index >= 15 is 0 Å². The number of carbonyl (C=O) groups is 1. The zero-order valence-corrected chi connectivity index (χ0v) is 9.68. The lowest BCUT2D eigenvalue weighted by Crippen LogP contribution is -2.33. The summed E-state index contributed by atoms with van der Waals surface area (Å²) < 4.78 is 4.75. The lowest BCUT2D eigenvalue weighted by Gasteiger charge is -2.30. The molecular weight excluding hydrogens is 178 g/mol. The van der Waals surface area contributed by atoms with Crippen LogP contribution < -0.4 is 0 Å². The summed E-state index contributed by atoms with van der Waals surface area (Å²) in [5, 5.41) is 8.91. The van der Waals surface area contributed by atoms with Crippen LogP contribution in [0.25, 0.3) is 0 Å². The molecule has 0 rings (SSSR count). The highest BCUT2D eigenvalue weighted by atomic mass is 16.5. The first kappa shape index (κ1) is 13.0. The fourth-order valence-electron chi connectivity index (χ4n) is 1.60. The third-order valence-corrected chi connectivity index (χ3v) is 2.59. The minimum absolute atomic E-state index is 0.233. The normalized spacial score (nSPS) is 15.4. The topological polar surface area (TPSA) is 50.1 Å². The predicted octanol–water partition coefficient (Wildman–Crippen LogP) is 2.52. The Morgan fingerprint density at radius 1 is 1.43 bits per heavy atom. The van der Waals surface area contributed by atoms with Crippen LogP contribution in [0.1, 0.15) is 40.5 Å². The van der Waals surface area contributed by atoms with Crippen molar-refractivity contribution in [1.29, 1.82) is 5.26 Å². The van der Waals surface area contributed by atoms with E-state index in [1.165, 1.54) is 7.11 Å². The summed E-state index contributed by atoms with van der Waals surface area (Å²) in [6, 6.07) is 2.20. The standard InChI is InChI=1S/C11H19NO2/c1-6-11(4,9(13)14-5)7-10(2,3)8-12/h6-7H2,1-5H3. The van der Waals surface area contributed by atoms with Crippen molar-refractivity contribution in [2.45, 2.75) is 40.5 Å². The SMILES string of the molecule is CCC(C)(CC(C)(C)C#N)C(=O)OC. The Labute approximate surface area is 86.1 Å². The average Bonchev–Trinajstić information content (AvgIpc) is 2.15. The Kier molecular flexibility index (Phi) is 4.12. The zero-order valence-electron chi connectivity index (χ0n) is 9.68. The summed E-state index contributed by atoms with van der Waals surface area (Å²) in [5.74, 6) is -0.233. The van der Waals surface area contributed by atoms with Gasteiger partial charge in [-0.15, -0.1) is 0 Å². The van der Waals surface area contributed by atoms with E-state index in [0.717, 1.165) is 0 Å². The molecule has 0 aromatic heterocycles.